The molecular formula is C28H40O3. The normalized spacial score (nSPS) is 10.8. The van der Waals surface area contributed by atoms with Crippen molar-refractivity contribution in [3.8, 4) is 11.5 Å². The molecule has 2 aromatic rings. The zero-order valence-electron chi connectivity index (χ0n) is 19.5. The topological polar surface area (TPSA) is 35.5 Å². The van der Waals surface area contributed by atoms with Crippen LogP contribution in [0.2, 0.25) is 0 Å². The summed E-state index contributed by atoms with van der Waals surface area (Å²) in [5.74, 6) is 1.03. The van der Waals surface area contributed by atoms with Gasteiger partial charge in [-0.2, -0.15) is 0 Å². The zero-order chi connectivity index (χ0) is 22.2. The first-order valence-corrected chi connectivity index (χ1v) is 12.3. The van der Waals surface area contributed by atoms with Crippen LogP contribution in [0.25, 0.3) is 0 Å². The molecule has 0 amide bonds. The van der Waals surface area contributed by atoms with Crippen LogP contribution in [0.4, 0.5) is 0 Å². The van der Waals surface area contributed by atoms with Gasteiger partial charge in [-0.15, -0.1) is 0 Å². The molecule has 3 heteroatoms. The van der Waals surface area contributed by atoms with Crippen molar-refractivity contribution in [2.24, 2.45) is 0 Å². The number of aryl methyl sites for hydroxylation is 1. The quantitative estimate of drug-likeness (QED) is 0.155. The summed E-state index contributed by atoms with van der Waals surface area (Å²) >= 11 is 0. The maximum Gasteiger partial charge on any atom is 0.343 e. The third-order valence-corrected chi connectivity index (χ3v) is 5.56. The average molecular weight is 425 g/mol. The maximum absolute atomic E-state index is 12.4. The Kier molecular flexibility index (Phi) is 12.5. The first-order valence-electron chi connectivity index (χ1n) is 12.3. The molecule has 0 N–H and O–H groups in total. The maximum atomic E-state index is 12.4. The fourth-order valence-corrected chi connectivity index (χ4v) is 3.58. The molecule has 0 aliphatic heterocycles. The second kappa shape index (κ2) is 15.5. The second-order valence-electron chi connectivity index (χ2n) is 8.34. The first kappa shape index (κ1) is 25.0. The zero-order valence-corrected chi connectivity index (χ0v) is 19.5. The highest BCUT2D eigenvalue weighted by Crippen LogP contribution is 2.20. The molecule has 0 aliphatic carbocycles. The molecule has 0 spiro atoms. The van der Waals surface area contributed by atoms with E-state index in [1.807, 2.05) is 36.4 Å². The minimum absolute atomic E-state index is 0.323. The summed E-state index contributed by atoms with van der Waals surface area (Å²) in [4.78, 5) is 12.4. The van der Waals surface area contributed by atoms with Crippen molar-refractivity contribution in [2.75, 3.05) is 6.61 Å². The Balaban J connectivity index is 1.69. The van der Waals surface area contributed by atoms with Crippen molar-refractivity contribution in [3.05, 3.63) is 59.7 Å². The van der Waals surface area contributed by atoms with E-state index in [1.54, 1.807) is 12.1 Å². The van der Waals surface area contributed by atoms with Gasteiger partial charge in [-0.1, -0.05) is 83.8 Å². The SMILES string of the molecule is CCCCCCCCCc1ccc(C(=O)Oc2ccc(OCCCCCC)cc2)cc1. The minimum atomic E-state index is -0.323. The fraction of sp³-hybridized carbons (Fsp3) is 0.536. The van der Waals surface area contributed by atoms with E-state index >= 15 is 0 Å². The lowest BCUT2D eigenvalue weighted by atomic mass is 10.0. The monoisotopic (exact) mass is 424 g/mol. The predicted octanol–water partition coefficient (Wildman–Crippen LogP) is 8.16. The fourth-order valence-electron chi connectivity index (χ4n) is 3.58. The summed E-state index contributed by atoms with van der Waals surface area (Å²) < 4.78 is 11.2. The Hall–Kier alpha value is -2.29. The Labute approximate surface area is 189 Å². The predicted molar refractivity (Wildman–Crippen MR) is 129 cm³/mol. The number of hydrogen-bond acceptors (Lipinski definition) is 3. The van der Waals surface area contributed by atoms with Crippen molar-refractivity contribution in [1.29, 1.82) is 0 Å². The van der Waals surface area contributed by atoms with Crippen LogP contribution in [0.3, 0.4) is 0 Å². The highest BCUT2D eigenvalue weighted by molar-refractivity contribution is 5.91. The van der Waals surface area contributed by atoms with Gasteiger partial charge in [0.05, 0.1) is 12.2 Å². The molecule has 2 aromatic carbocycles. The van der Waals surface area contributed by atoms with Crippen molar-refractivity contribution < 1.29 is 14.3 Å². The molecule has 0 saturated heterocycles. The molecule has 0 saturated carbocycles. The van der Waals surface area contributed by atoms with E-state index in [0.717, 1.165) is 25.2 Å². The molecule has 0 unspecified atom stereocenters. The molecule has 0 aliphatic rings. The number of carbonyl (C=O) groups is 1. The Bertz CT molecular complexity index is 719. The molecular weight excluding hydrogens is 384 g/mol. The lowest BCUT2D eigenvalue weighted by Crippen LogP contribution is -2.08. The van der Waals surface area contributed by atoms with Crippen LogP contribution >= 0.6 is 0 Å². The van der Waals surface area contributed by atoms with Gasteiger partial charge in [0.2, 0.25) is 0 Å². The summed E-state index contributed by atoms with van der Waals surface area (Å²) in [6.45, 7) is 5.18. The molecule has 0 heterocycles. The molecule has 31 heavy (non-hydrogen) atoms. The summed E-state index contributed by atoms with van der Waals surface area (Å²) in [6, 6.07) is 15.1. The van der Waals surface area contributed by atoms with Gasteiger partial charge in [0.1, 0.15) is 11.5 Å². The Morgan fingerprint density at radius 3 is 1.84 bits per heavy atom. The number of hydrogen-bond donors (Lipinski definition) is 0. The van der Waals surface area contributed by atoms with Crippen molar-refractivity contribution >= 4 is 5.97 Å². The van der Waals surface area contributed by atoms with Gasteiger partial charge in [0.15, 0.2) is 0 Å². The number of ether oxygens (including phenoxy) is 2. The summed E-state index contributed by atoms with van der Waals surface area (Å²) in [5.41, 5.74) is 1.87. The highest BCUT2D eigenvalue weighted by Gasteiger charge is 2.09. The summed E-state index contributed by atoms with van der Waals surface area (Å²) in [7, 11) is 0. The van der Waals surface area contributed by atoms with Crippen LogP contribution in [-0.4, -0.2) is 12.6 Å². The summed E-state index contributed by atoms with van der Waals surface area (Å²) in [6.07, 6.45) is 15.0. The van der Waals surface area contributed by atoms with E-state index in [-0.39, 0.29) is 5.97 Å². The third-order valence-electron chi connectivity index (χ3n) is 5.56. The molecule has 0 atom stereocenters. The number of esters is 1. The lowest BCUT2D eigenvalue weighted by Gasteiger charge is -2.08. The van der Waals surface area contributed by atoms with Crippen molar-refractivity contribution in [2.45, 2.75) is 90.9 Å². The van der Waals surface area contributed by atoms with E-state index in [4.69, 9.17) is 9.47 Å². The third kappa shape index (κ3) is 10.5. The van der Waals surface area contributed by atoms with Crippen LogP contribution in [0.1, 0.15) is 100 Å². The van der Waals surface area contributed by atoms with Gasteiger partial charge in [-0.05, 0) is 61.2 Å². The van der Waals surface area contributed by atoms with E-state index in [0.29, 0.717) is 11.3 Å². The number of carbonyl (C=O) groups excluding carboxylic acids is 1. The highest BCUT2D eigenvalue weighted by atomic mass is 16.5. The van der Waals surface area contributed by atoms with Crippen molar-refractivity contribution in [1.82, 2.24) is 0 Å². The Morgan fingerprint density at radius 2 is 1.19 bits per heavy atom. The van der Waals surface area contributed by atoms with Gasteiger partial charge >= 0.3 is 5.97 Å². The van der Waals surface area contributed by atoms with E-state index in [2.05, 4.69) is 13.8 Å². The molecule has 170 valence electrons. The summed E-state index contributed by atoms with van der Waals surface area (Å²) in [5, 5.41) is 0. The van der Waals surface area contributed by atoms with E-state index < -0.39 is 0 Å². The van der Waals surface area contributed by atoms with Crippen LogP contribution in [-0.2, 0) is 6.42 Å². The van der Waals surface area contributed by atoms with Crippen LogP contribution in [0, 0.1) is 0 Å². The smallest absolute Gasteiger partial charge is 0.343 e. The van der Waals surface area contributed by atoms with Crippen LogP contribution in [0.5, 0.6) is 11.5 Å². The lowest BCUT2D eigenvalue weighted by molar-refractivity contribution is 0.0734. The van der Waals surface area contributed by atoms with Gasteiger partial charge in [0.25, 0.3) is 0 Å². The number of unbranched alkanes of at least 4 members (excludes halogenated alkanes) is 9. The van der Waals surface area contributed by atoms with Gasteiger partial charge in [0, 0.05) is 0 Å². The molecule has 0 fully saturated rings. The number of benzene rings is 2. The van der Waals surface area contributed by atoms with Gasteiger partial charge in [-0.25, -0.2) is 4.79 Å². The molecule has 0 radical (unpaired) electrons. The van der Waals surface area contributed by atoms with Crippen LogP contribution < -0.4 is 9.47 Å². The number of rotatable bonds is 16. The first-order chi connectivity index (χ1) is 15.2. The van der Waals surface area contributed by atoms with Crippen LogP contribution in [0.15, 0.2) is 48.5 Å². The molecule has 3 nitrogen and oxygen atoms in total. The largest absolute Gasteiger partial charge is 0.494 e. The Morgan fingerprint density at radius 1 is 0.645 bits per heavy atom. The molecule has 2 rings (SSSR count). The standard InChI is InChI=1S/C28H40O3/c1-3-5-7-9-10-11-12-14-24-15-17-25(18-16-24)28(29)31-27-21-19-26(20-22-27)30-23-13-8-6-4-2/h15-22H,3-14,23H2,1-2H3. The van der Waals surface area contributed by atoms with E-state index in [9.17, 15) is 4.79 Å². The van der Waals surface area contributed by atoms with Gasteiger partial charge in [-0.3, -0.25) is 0 Å². The van der Waals surface area contributed by atoms with Gasteiger partial charge < -0.3 is 9.47 Å². The molecule has 0 aromatic heterocycles. The van der Waals surface area contributed by atoms with Crippen molar-refractivity contribution in [3.63, 3.8) is 0 Å². The minimum Gasteiger partial charge on any atom is -0.494 e. The van der Waals surface area contributed by atoms with E-state index in [1.165, 1.54) is 69.8 Å². The average Bonchev–Trinajstić information content (AvgIpc) is 2.80. The second-order valence-corrected chi connectivity index (χ2v) is 8.34. The molecule has 0 bridgehead atoms.